The summed E-state index contributed by atoms with van der Waals surface area (Å²) < 4.78 is -0.133. The summed E-state index contributed by atoms with van der Waals surface area (Å²) in [5.74, 6) is -2.62. The average molecular weight is 158 g/mol. The predicted molar refractivity (Wildman–Crippen MR) is 35.4 cm³/mol. The zero-order valence-corrected chi connectivity index (χ0v) is 5.35. The van der Waals surface area contributed by atoms with Crippen molar-refractivity contribution in [2.24, 2.45) is 0 Å². The van der Waals surface area contributed by atoms with Crippen LogP contribution in [0.2, 0.25) is 0 Å². The Morgan fingerprint density at radius 2 is 1.91 bits per heavy atom. The molecule has 11 heavy (non-hydrogen) atoms. The van der Waals surface area contributed by atoms with Crippen molar-refractivity contribution in [2.75, 3.05) is 11.5 Å². The van der Waals surface area contributed by atoms with Crippen molar-refractivity contribution in [1.29, 1.82) is 0 Å². The monoisotopic (exact) mass is 158 g/mol. The first-order valence-electron chi connectivity index (χ1n) is 2.60. The van der Waals surface area contributed by atoms with Crippen molar-refractivity contribution in [1.82, 2.24) is 4.98 Å². The number of nitrogens with zero attached hydrogens (tertiary/aromatic N) is 2. The highest BCUT2D eigenvalue weighted by atomic mass is 16.5. The van der Waals surface area contributed by atoms with E-state index < -0.39 is 17.6 Å². The summed E-state index contributed by atoms with van der Waals surface area (Å²) in [5, 5.41) is 28.2. The van der Waals surface area contributed by atoms with E-state index in [4.69, 9.17) is 21.7 Å². The molecule has 0 amide bonds. The fourth-order valence-electron chi connectivity index (χ4n) is 0.541. The highest BCUT2D eigenvalue weighted by Gasteiger charge is 2.16. The standard InChI is InChI=1S/C4H6N4O3/c5-2-1(9)3(10)8(11)4(6)7-2/h9-10H,(H4,5,6,7). The number of anilines is 2. The Labute approximate surface area is 61.1 Å². The molecule has 7 nitrogen and oxygen atoms in total. The fraction of sp³-hybridized carbons (Fsp3) is 0. The van der Waals surface area contributed by atoms with Crippen molar-refractivity contribution in [3.05, 3.63) is 5.21 Å². The van der Waals surface area contributed by atoms with Crippen LogP contribution >= 0.6 is 0 Å². The van der Waals surface area contributed by atoms with Gasteiger partial charge in [0.2, 0.25) is 0 Å². The van der Waals surface area contributed by atoms with Crippen molar-refractivity contribution >= 4 is 11.8 Å². The van der Waals surface area contributed by atoms with Gasteiger partial charge in [-0.05, 0) is 4.98 Å². The Morgan fingerprint density at radius 3 is 2.45 bits per heavy atom. The van der Waals surface area contributed by atoms with Crippen molar-refractivity contribution < 1.29 is 14.9 Å². The van der Waals surface area contributed by atoms with Gasteiger partial charge in [0.15, 0.2) is 0 Å². The third kappa shape index (κ3) is 0.914. The summed E-state index contributed by atoms with van der Waals surface area (Å²) in [6.45, 7) is 0. The van der Waals surface area contributed by atoms with E-state index in [0.717, 1.165) is 0 Å². The quantitative estimate of drug-likeness (QED) is 0.262. The zero-order chi connectivity index (χ0) is 8.59. The Bertz CT molecular complexity index is 274. The van der Waals surface area contributed by atoms with Crippen LogP contribution in [0, 0.1) is 5.21 Å². The summed E-state index contributed by atoms with van der Waals surface area (Å²) in [7, 11) is 0. The largest absolute Gasteiger partial charge is 0.737 e. The second kappa shape index (κ2) is 2.04. The normalized spacial score (nSPS) is 9.82. The lowest BCUT2D eigenvalue weighted by Crippen LogP contribution is -2.32. The van der Waals surface area contributed by atoms with E-state index in [1.54, 1.807) is 0 Å². The Kier molecular flexibility index (Phi) is 1.34. The fourth-order valence-corrected chi connectivity index (χ4v) is 0.541. The van der Waals surface area contributed by atoms with E-state index in [1.807, 2.05) is 0 Å². The highest BCUT2D eigenvalue weighted by molar-refractivity contribution is 5.50. The maximum absolute atomic E-state index is 10.6. The third-order valence-corrected chi connectivity index (χ3v) is 1.09. The molecule has 1 rings (SSSR count). The molecule has 0 radical (unpaired) electrons. The highest BCUT2D eigenvalue weighted by Crippen LogP contribution is 2.25. The Balaban J connectivity index is 3.46. The number of hydrogen-bond acceptors (Lipinski definition) is 6. The lowest BCUT2D eigenvalue weighted by molar-refractivity contribution is -0.601. The van der Waals surface area contributed by atoms with Gasteiger partial charge in [-0.2, -0.15) is 0 Å². The topological polar surface area (TPSA) is 132 Å². The molecule has 0 aromatic carbocycles. The minimum Gasteiger partial charge on any atom is -0.737 e. The van der Waals surface area contributed by atoms with Gasteiger partial charge in [-0.25, -0.2) is 4.73 Å². The zero-order valence-electron chi connectivity index (χ0n) is 5.35. The Morgan fingerprint density at radius 1 is 1.36 bits per heavy atom. The van der Waals surface area contributed by atoms with Crippen LogP contribution in [0.5, 0.6) is 11.6 Å². The molecule has 0 spiro atoms. The molecule has 0 aliphatic rings. The molecule has 0 aliphatic heterocycles. The predicted octanol–water partition coefficient (Wildman–Crippen LogP) is -1.71. The molecule has 0 bridgehead atoms. The van der Waals surface area contributed by atoms with Crippen LogP contribution < -0.4 is 16.2 Å². The molecule has 0 saturated carbocycles. The van der Waals surface area contributed by atoms with Gasteiger partial charge in [0.1, 0.15) is 0 Å². The van der Waals surface area contributed by atoms with E-state index in [1.165, 1.54) is 0 Å². The Hall–Kier alpha value is -1.92. The van der Waals surface area contributed by atoms with E-state index in [9.17, 15) is 5.21 Å². The van der Waals surface area contributed by atoms with Gasteiger partial charge in [-0.15, -0.1) is 0 Å². The van der Waals surface area contributed by atoms with Crippen LogP contribution in [0.25, 0.3) is 0 Å². The molecule has 0 fully saturated rings. The number of hydrogen-bond donors (Lipinski definition) is 4. The SMILES string of the molecule is Nc1nc(N)[n+]([O-])c(O)c1O. The molecule has 7 heteroatoms. The van der Waals surface area contributed by atoms with Crippen LogP contribution in [0.15, 0.2) is 0 Å². The molecular formula is C4H6N4O3. The molecule has 6 N–H and O–H groups in total. The van der Waals surface area contributed by atoms with Crippen LogP contribution in [0.4, 0.5) is 11.8 Å². The first kappa shape index (κ1) is 7.19. The number of aromatic nitrogens is 2. The first-order chi connectivity index (χ1) is 5.04. The smallest absolute Gasteiger partial charge is 0.395 e. The maximum atomic E-state index is 10.6. The van der Waals surface area contributed by atoms with Gasteiger partial charge in [0.05, 0.1) is 0 Å². The lowest BCUT2D eigenvalue weighted by atomic mass is 10.5. The van der Waals surface area contributed by atoms with Crippen LogP contribution in [-0.4, -0.2) is 15.2 Å². The second-order valence-electron chi connectivity index (χ2n) is 1.82. The summed E-state index contributed by atoms with van der Waals surface area (Å²) in [6, 6.07) is 0. The van der Waals surface area contributed by atoms with Gasteiger partial charge < -0.3 is 21.2 Å². The number of nitrogen functional groups attached to an aromatic ring is 2. The van der Waals surface area contributed by atoms with E-state index >= 15 is 0 Å². The maximum Gasteiger partial charge on any atom is 0.395 e. The number of nitrogens with two attached hydrogens (primary N) is 2. The van der Waals surface area contributed by atoms with Crippen molar-refractivity contribution in [3.63, 3.8) is 0 Å². The van der Waals surface area contributed by atoms with E-state index in [0.29, 0.717) is 0 Å². The minimum absolute atomic E-state index is 0.133. The summed E-state index contributed by atoms with van der Waals surface area (Å²) in [5.41, 5.74) is 10.0. The average Bonchev–Trinajstić information content (AvgIpc) is 1.97. The summed E-state index contributed by atoms with van der Waals surface area (Å²) >= 11 is 0. The lowest BCUT2D eigenvalue weighted by Gasteiger charge is -2.07. The second-order valence-corrected chi connectivity index (χ2v) is 1.82. The first-order valence-corrected chi connectivity index (χ1v) is 2.60. The summed E-state index contributed by atoms with van der Waals surface area (Å²) in [6.07, 6.45) is 0. The molecule has 1 aromatic rings. The van der Waals surface area contributed by atoms with E-state index in [-0.39, 0.29) is 10.5 Å². The van der Waals surface area contributed by atoms with Crippen molar-refractivity contribution in [3.8, 4) is 11.6 Å². The van der Waals surface area contributed by atoms with E-state index in [2.05, 4.69) is 4.98 Å². The van der Waals surface area contributed by atoms with Crippen LogP contribution in [0.3, 0.4) is 0 Å². The molecule has 60 valence electrons. The van der Waals surface area contributed by atoms with Gasteiger partial charge in [0.25, 0.3) is 11.6 Å². The van der Waals surface area contributed by atoms with Gasteiger partial charge in [-0.3, -0.25) is 5.73 Å². The summed E-state index contributed by atoms with van der Waals surface area (Å²) in [4.78, 5) is 3.23. The molecule has 0 aliphatic carbocycles. The molecule has 0 saturated heterocycles. The van der Waals surface area contributed by atoms with Gasteiger partial charge >= 0.3 is 11.8 Å². The molecule has 0 unspecified atom stereocenters. The molecular weight excluding hydrogens is 152 g/mol. The van der Waals surface area contributed by atoms with Crippen LogP contribution in [0.1, 0.15) is 0 Å². The molecule has 1 heterocycles. The minimum atomic E-state index is -0.949. The van der Waals surface area contributed by atoms with Crippen molar-refractivity contribution in [2.45, 2.75) is 0 Å². The third-order valence-electron chi connectivity index (χ3n) is 1.09. The van der Waals surface area contributed by atoms with Gasteiger partial charge in [0, 0.05) is 0 Å². The molecule has 1 aromatic heterocycles. The number of rotatable bonds is 0. The number of aromatic hydroxyl groups is 2. The van der Waals surface area contributed by atoms with Crippen LogP contribution in [-0.2, 0) is 0 Å². The molecule has 0 atom stereocenters. The van der Waals surface area contributed by atoms with Gasteiger partial charge in [-0.1, -0.05) is 0 Å².